The number of nitrogens with zero attached hydrogens (tertiary/aromatic N) is 7. The zero-order valence-corrected chi connectivity index (χ0v) is 21.2. The van der Waals surface area contributed by atoms with Gasteiger partial charge in [-0.15, -0.1) is 5.92 Å². The molecule has 4 rings (SSSR count). The van der Waals surface area contributed by atoms with Gasteiger partial charge in [0.05, 0.1) is 18.8 Å². The molecule has 1 fully saturated rings. The minimum atomic E-state index is -0.487. The number of hydrogen-bond donors (Lipinski definition) is 1. The van der Waals surface area contributed by atoms with Crippen LogP contribution in [0.2, 0.25) is 5.02 Å². The number of aliphatic imine (C=N–C) groups is 2. The minimum Gasteiger partial charge on any atom is -0.339 e. The molecule has 0 spiro atoms. The summed E-state index contributed by atoms with van der Waals surface area (Å²) in [5.41, 5.74) is 7.63. The van der Waals surface area contributed by atoms with E-state index in [0.717, 1.165) is 29.5 Å². The molecule has 10 nitrogen and oxygen atoms in total. The topological polar surface area (TPSA) is 115 Å². The largest absolute Gasteiger partial charge is 0.352 e. The lowest BCUT2D eigenvalue weighted by Crippen LogP contribution is -2.44. The van der Waals surface area contributed by atoms with E-state index in [1.54, 1.807) is 29.8 Å². The maximum absolute atomic E-state index is 13.5. The number of hydrogen-bond acceptors (Lipinski definition) is 7. The first-order valence-electron chi connectivity index (χ1n) is 11.7. The fourth-order valence-electron chi connectivity index (χ4n) is 4.38. The molecule has 1 unspecified atom stereocenters. The second-order valence-electron chi connectivity index (χ2n) is 8.62. The Morgan fingerprint density at radius 2 is 2.14 bits per heavy atom. The molecule has 0 aliphatic carbocycles. The number of benzene rings is 1. The van der Waals surface area contributed by atoms with Gasteiger partial charge in [-0.25, -0.2) is 9.48 Å². The van der Waals surface area contributed by atoms with Crippen LogP contribution in [0, 0.1) is 11.8 Å². The van der Waals surface area contributed by atoms with Crippen molar-refractivity contribution in [1.82, 2.24) is 18.7 Å². The lowest BCUT2D eigenvalue weighted by Gasteiger charge is -2.31. The maximum atomic E-state index is 13.5. The first kappa shape index (κ1) is 25.4. The summed E-state index contributed by atoms with van der Waals surface area (Å²) in [5.74, 6) is 6.46. The molecule has 0 amide bonds. The van der Waals surface area contributed by atoms with Gasteiger partial charge < -0.3 is 10.6 Å². The number of piperidine rings is 1. The van der Waals surface area contributed by atoms with Crippen molar-refractivity contribution in [1.29, 1.82) is 0 Å². The highest BCUT2D eigenvalue weighted by molar-refractivity contribution is 6.31. The molecule has 1 aromatic carbocycles. The van der Waals surface area contributed by atoms with Gasteiger partial charge in [-0.2, -0.15) is 9.50 Å². The van der Waals surface area contributed by atoms with Crippen molar-refractivity contribution in [2.24, 2.45) is 15.7 Å². The van der Waals surface area contributed by atoms with Gasteiger partial charge >= 0.3 is 5.69 Å². The Balaban J connectivity index is 1.70. The fraction of sp³-hybridized carbons (Fsp3) is 0.400. The highest BCUT2D eigenvalue weighted by Crippen LogP contribution is 2.23. The summed E-state index contributed by atoms with van der Waals surface area (Å²) in [6.07, 6.45) is 1.87. The van der Waals surface area contributed by atoms with Crippen molar-refractivity contribution in [3.63, 3.8) is 0 Å². The quantitative estimate of drug-likeness (QED) is 0.387. The molecular formula is C25H29ClN8O2. The van der Waals surface area contributed by atoms with Crippen molar-refractivity contribution in [2.45, 2.75) is 45.8 Å². The van der Waals surface area contributed by atoms with E-state index in [9.17, 15) is 9.59 Å². The molecule has 1 aliphatic rings. The SMILES string of the molecule is C=Nc1ccc(Cl)cc1C(C)=NCCn1c(=O)cc2nc(N3CCCC(N)C3)n(CC#CC)n2c1=O. The molecule has 0 saturated carbocycles. The molecule has 11 heteroatoms. The van der Waals surface area contributed by atoms with E-state index in [1.807, 2.05) is 6.92 Å². The Labute approximate surface area is 213 Å². The second-order valence-corrected chi connectivity index (χ2v) is 9.05. The van der Waals surface area contributed by atoms with E-state index in [-0.39, 0.29) is 31.3 Å². The first-order valence-corrected chi connectivity index (χ1v) is 12.1. The normalized spacial score (nSPS) is 16.2. The van der Waals surface area contributed by atoms with Crippen LogP contribution in [-0.2, 0) is 13.1 Å². The monoisotopic (exact) mass is 508 g/mol. The lowest BCUT2D eigenvalue weighted by atomic mass is 10.1. The summed E-state index contributed by atoms with van der Waals surface area (Å²) >= 11 is 6.13. The predicted octanol–water partition coefficient (Wildman–Crippen LogP) is 2.10. The third-order valence-corrected chi connectivity index (χ3v) is 6.41. The maximum Gasteiger partial charge on any atom is 0.352 e. The number of aromatic nitrogens is 4. The zero-order valence-electron chi connectivity index (χ0n) is 20.4. The van der Waals surface area contributed by atoms with Gasteiger partial charge in [0.1, 0.15) is 6.54 Å². The summed E-state index contributed by atoms with van der Waals surface area (Å²) in [4.78, 5) is 41.6. The fourth-order valence-corrected chi connectivity index (χ4v) is 4.55. The first-order chi connectivity index (χ1) is 17.3. The van der Waals surface area contributed by atoms with Crippen LogP contribution in [-0.4, -0.2) is 56.9 Å². The summed E-state index contributed by atoms with van der Waals surface area (Å²) in [5, 5.41) is 0.556. The van der Waals surface area contributed by atoms with Crippen LogP contribution < -0.4 is 21.9 Å². The van der Waals surface area contributed by atoms with E-state index in [2.05, 4.69) is 38.4 Å². The average molecular weight is 509 g/mol. The lowest BCUT2D eigenvalue weighted by molar-refractivity contribution is 0.485. The molecule has 36 heavy (non-hydrogen) atoms. The summed E-state index contributed by atoms with van der Waals surface area (Å²) < 4.78 is 4.29. The van der Waals surface area contributed by atoms with Crippen molar-refractivity contribution in [2.75, 3.05) is 24.5 Å². The van der Waals surface area contributed by atoms with Crippen molar-refractivity contribution < 1.29 is 0 Å². The molecule has 0 bridgehead atoms. The van der Waals surface area contributed by atoms with Crippen LogP contribution in [0.1, 0.15) is 32.3 Å². The minimum absolute atomic E-state index is 0.0263. The third-order valence-electron chi connectivity index (χ3n) is 6.17. The van der Waals surface area contributed by atoms with Gasteiger partial charge in [-0.1, -0.05) is 17.5 Å². The molecule has 3 aromatic rings. The standard InChI is InChI=1S/C25H29ClN8O2/c1-4-5-12-33-24(31-11-6-7-19(27)16-31)30-22-15-23(35)32(25(36)34(22)33)13-10-29-17(2)20-14-18(26)8-9-21(20)28-3/h8-9,14-15,19H,3,6-7,10-13,16,27H2,1-2H3. The number of fused-ring (bicyclic) bond motifs is 1. The Morgan fingerprint density at radius 1 is 1.33 bits per heavy atom. The molecule has 3 heterocycles. The van der Waals surface area contributed by atoms with Crippen molar-refractivity contribution in [3.8, 4) is 11.8 Å². The highest BCUT2D eigenvalue weighted by Gasteiger charge is 2.24. The molecular weight excluding hydrogens is 480 g/mol. The number of anilines is 1. The van der Waals surface area contributed by atoms with Crippen molar-refractivity contribution in [3.05, 3.63) is 55.7 Å². The van der Waals surface area contributed by atoms with Crippen molar-refractivity contribution >= 4 is 41.3 Å². The molecule has 1 saturated heterocycles. The number of halogens is 1. The van der Waals surface area contributed by atoms with Crippen LogP contribution in [0.3, 0.4) is 0 Å². The summed E-state index contributed by atoms with van der Waals surface area (Å²) in [7, 11) is 0. The van der Waals surface area contributed by atoms with Crippen LogP contribution >= 0.6 is 11.6 Å². The van der Waals surface area contributed by atoms with E-state index < -0.39 is 11.2 Å². The molecule has 1 aliphatic heterocycles. The van der Waals surface area contributed by atoms with Gasteiger partial charge in [0.25, 0.3) is 5.56 Å². The van der Waals surface area contributed by atoms with E-state index in [0.29, 0.717) is 28.9 Å². The second kappa shape index (κ2) is 10.9. The van der Waals surface area contributed by atoms with Gasteiger partial charge in [0.15, 0.2) is 5.65 Å². The van der Waals surface area contributed by atoms with Crippen LogP contribution in [0.5, 0.6) is 0 Å². The third kappa shape index (κ3) is 5.12. The summed E-state index contributed by atoms with van der Waals surface area (Å²) in [6, 6.07) is 6.66. The smallest absolute Gasteiger partial charge is 0.339 e. The predicted molar refractivity (Wildman–Crippen MR) is 144 cm³/mol. The van der Waals surface area contributed by atoms with E-state index >= 15 is 0 Å². The summed E-state index contributed by atoms with van der Waals surface area (Å²) in [6.45, 7) is 9.13. The molecule has 2 aromatic heterocycles. The van der Waals surface area contributed by atoms with E-state index in [4.69, 9.17) is 17.3 Å². The molecule has 2 N–H and O–H groups in total. The molecule has 188 valence electrons. The van der Waals surface area contributed by atoms with Crippen LogP contribution in [0.25, 0.3) is 5.65 Å². The van der Waals surface area contributed by atoms with Crippen LogP contribution in [0.4, 0.5) is 11.6 Å². The Morgan fingerprint density at radius 3 is 2.86 bits per heavy atom. The van der Waals surface area contributed by atoms with Gasteiger partial charge in [0.2, 0.25) is 5.95 Å². The average Bonchev–Trinajstić information content (AvgIpc) is 3.22. The van der Waals surface area contributed by atoms with Gasteiger partial charge in [0, 0.05) is 41.5 Å². The van der Waals surface area contributed by atoms with Gasteiger partial charge in [-0.3, -0.25) is 19.3 Å². The van der Waals surface area contributed by atoms with Crippen LogP contribution in [0.15, 0.2) is 43.8 Å². The Bertz CT molecular complexity index is 1500. The Kier molecular flexibility index (Phi) is 7.72. The highest BCUT2D eigenvalue weighted by atomic mass is 35.5. The van der Waals surface area contributed by atoms with Gasteiger partial charge in [-0.05, 0) is 51.6 Å². The number of rotatable bonds is 7. The number of nitrogens with two attached hydrogens (primary N) is 1. The molecule has 0 radical (unpaired) electrons. The zero-order chi connectivity index (χ0) is 25.8. The van der Waals surface area contributed by atoms with E-state index in [1.165, 1.54) is 10.6 Å². The Hall–Kier alpha value is -3.68. The molecule has 1 atom stereocenters.